The maximum Gasteiger partial charge on any atom is 0.261 e. The molecule has 0 saturated carbocycles. The van der Waals surface area contributed by atoms with Crippen LogP contribution in [0.2, 0.25) is 0 Å². The molecule has 0 saturated heterocycles. The van der Waals surface area contributed by atoms with Gasteiger partial charge in [0.1, 0.15) is 6.54 Å². The van der Waals surface area contributed by atoms with E-state index < -0.39 is 0 Å². The van der Waals surface area contributed by atoms with Crippen molar-refractivity contribution < 1.29 is 4.79 Å². The van der Waals surface area contributed by atoms with Crippen LogP contribution >= 0.6 is 0 Å². The Morgan fingerprint density at radius 1 is 1.30 bits per heavy atom. The van der Waals surface area contributed by atoms with Crippen molar-refractivity contribution in [3.8, 4) is 0 Å². The third kappa shape index (κ3) is 3.78. The van der Waals surface area contributed by atoms with Crippen molar-refractivity contribution in [3.63, 3.8) is 0 Å². The molecule has 2 rings (SSSR count). The van der Waals surface area contributed by atoms with Gasteiger partial charge in [-0.3, -0.25) is 9.48 Å². The number of carbonyl (C=O) groups excluding carboxylic acids is 1. The third-order valence-corrected chi connectivity index (χ3v) is 2.88. The second-order valence-corrected chi connectivity index (χ2v) is 4.79. The van der Waals surface area contributed by atoms with Gasteiger partial charge in [0.25, 0.3) is 5.91 Å². The Morgan fingerprint density at radius 3 is 2.60 bits per heavy atom. The molecule has 104 valence electrons. The van der Waals surface area contributed by atoms with Crippen molar-refractivity contribution in [2.24, 2.45) is 5.10 Å². The minimum Gasteiger partial charge on any atom is -0.271 e. The van der Waals surface area contributed by atoms with Crippen LogP contribution in [0.1, 0.15) is 22.5 Å². The molecule has 1 aromatic carbocycles. The molecule has 2 aromatic rings. The van der Waals surface area contributed by atoms with Gasteiger partial charge in [0, 0.05) is 5.69 Å². The first kappa shape index (κ1) is 14.0. The van der Waals surface area contributed by atoms with Crippen LogP contribution in [0.3, 0.4) is 0 Å². The molecule has 1 aromatic heterocycles. The number of carbonyl (C=O) groups is 1. The van der Waals surface area contributed by atoms with Crippen LogP contribution in [0.25, 0.3) is 0 Å². The Morgan fingerprint density at radius 2 is 2.00 bits per heavy atom. The molecular formula is C15H18N4O. The molecule has 1 N–H and O–H groups in total. The van der Waals surface area contributed by atoms with E-state index in [4.69, 9.17) is 0 Å². The zero-order valence-electron chi connectivity index (χ0n) is 11.9. The number of nitrogens with one attached hydrogen (secondary N) is 1. The molecular weight excluding hydrogens is 252 g/mol. The summed E-state index contributed by atoms with van der Waals surface area (Å²) in [4.78, 5) is 11.7. The van der Waals surface area contributed by atoms with Crippen molar-refractivity contribution in [1.82, 2.24) is 15.2 Å². The first-order chi connectivity index (χ1) is 9.54. The van der Waals surface area contributed by atoms with E-state index in [-0.39, 0.29) is 12.5 Å². The maximum atomic E-state index is 11.7. The van der Waals surface area contributed by atoms with Crippen LogP contribution in [-0.2, 0) is 11.3 Å². The van der Waals surface area contributed by atoms with Crippen molar-refractivity contribution in [1.29, 1.82) is 0 Å². The zero-order chi connectivity index (χ0) is 14.5. The van der Waals surface area contributed by atoms with E-state index >= 15 is 0 Å². The fraction of sp³-hybridized carbons (Fsp3) is 0.267. The fourth-order valence-electron chi connectivity index (χ4n) is 1.84. The summed E-state index contributed by atoms with van der Waals surface area (Å²) in [7, 11) is 0. The lowest BCUT2D eigenvalue weighted by Gasteiger charge is -2.02. The third-order valence-electron chi connectivity index (χ3n) is 2.88. The molecule has 0 radical (unpaired) electrons. The number of nitrogens with zero attached hydrogens (tertiary/aromatic N) is 3. The maximum absolute atomic E-state index is 11.7. The average molecular weight is 270 g/mol. The minimum absolute atomic E-state index is 0.172. The first-order valence-electron chi connectivity index (χ1n) is 6.44. The number of rotatable bonds is 4. The van der Waals surface area contributed by atoms with Crippen LogP contribution in [0.4, 0.5) is 0 Å². The average Bonchev–Trinajstić information content (AvgIpc) is 2.70. The molecule has 1 amide bonds. The summed E-state index contributed by atoms with van der Waals surface area (Å²) in [5.74, 6) is -0.195. The normalized spacial score (nSPS) is 10.9. The molecule has 5 heteroatoms. The largest absolute Gasteiger partial charge is 0.271 e. The highest BCUT2D eigenvalue weighted by Crippen LogP contribution is 2.01. The van der Waals surface area contributed by atoms with Crippen molar-refractivity contribution in [3.05, 3.63) is 52.8 Å². The Balaban J connectivity index is 1.89. The quantitative estimate of drug-likeness (QED) is 0.682. The van der Waals surface area contributed by atoms with Gasteiger partial charge < -0.3 is 0 Å². The Bertz CT molecular complexity index is 626. The van der Waals surface area contributed by atoms with Gasteiger partial charge >= 0.3 is 0 Å². The minimum atomic E-state index is -0.195. The van der Waals surface area contributed by atoms with Crippen LogP contribution < -0.4 is 5.43 Å². The number of amides is 1. The van der Waals surface area contributed by atoms with Crippen LogP contribution in [0.5, 0.6) is 0 Å². The number of aryl methyl sites for hydroxylation is 3. The highest BCUT2D eigenvalue weighted by molar-refractivity contribution is 5.82. The van der Waals surface area contributed by atoms with Crippen molar-refractivity contribution >= 4 is 12.1 Å². The molecule has 0 fully saturated rings. The summed E-state index contributed by atoms with van der Waals surface area (Å²) in [5, 5.41) is 8.17. The highest BCUT2D eigenvalue weighted by Gasteiger charge is 2.05. The first-order valence-corrected chi connectivity index (χ1v) is 6.44. The monoisotopic (exact) mass is 270 g/mol. The lowest BCUT2D eigenvalue weighted by molar-refractivity contribution is -0.121. The van der Waals surface area contributed by atoms with Crippen LogP contribution in [0, 0.1) is 20.8 Å². The predicted octanol–water partition coefficient (Wildman–Crippen LogP) is 1.96. The molecule has 20 heavy (non-hydrogen) atoms. The van der Waals surface area contributed by atoms with E-state index in [2.05, 4.69) is 15.6 Å². The smallest absolute Gasteiger partial charge is 0.261 e. The summed E-state index contributed by atoms with van der Waals surface area (Å²) >= 11 is 0. The van der Waals surface area contributed by atoms with Gasteiger partial charge in [0.05, 0.1) is 11.9 Å². The van der Waals surface area contributed by atoms with E-state index in [0.717, 1.165) is 17.0 Å². The molecule has 0 bridgehead atoms. The van der Waals surface area contributed by atoms with Gasteiger partial charge in [0.2, 0.25) is 0 Å². The molecule has 0 unspecified atom stereocenters. The van der Waals surface area contributed by atoms with E-state index in [9.17, 15) is 4.79 Å². The lowest BCUT2D eigenvalue weighted by atomic mass is 10.2. The molecule has 0 aliphatic heterocycles. The van der Waals surface area contributed by atoms with Gasteiger partial charge in [0.15, 0.2) is 0 Å². The van der Waals surface area contributed by atoms with E-state index in [1.54, 1.807) is 10.9 Å². The Kier molecular flexibility index (Phi) is 4.30. The summed E-state index contributed by atoms with van der Waals surface area (Å²) in [6, 6.07) is 9.83. The number of benzene rings is 1. The SMILES string of the molecule is Cc1ccc(C=NNC(=O)Cn2nc(C)cc2C)cc1. The molecule has 0 aliphatic carbocycles. The zero-order valence-corrected chi connectivity index (χ0v) is 11.9. The number of hydrogen-bond acceptors (Lipinski definition) is 3. The van der Waals surface area contributed by atoms with Gasteiger partial charge in [-0.15, -0.1) is 0 Å². The molecule has 0 spiro atoms. The van der Waals surface area contributed by atoms with Gasteiger partial charge in [-0.1, -0.05) is 29.8 Å². The van der Waals surface area contributed by atoms with Crippen LogP contribution in [0.15, 0.2) is 35.4 Å². The summed E-state index contributed by atoms with van der Waals surface area (Å²) < 4.78 is 1.66. The molecule has 0 atom stereocenters. The van der Waals surface area contributed by atoms with E-state index in [0.29, 0.717) is 0 Å². The topological polar surface area (TPSA) is 59.3 Å². The second kappa shape index (κ2) is 6.14. The summed E-state index contributed by atoms with van der Waals surface area (Å²) in [6.45, 7) is 6.02. The highest BCUT2D eigenvalue weighted by atomic mass is 16.2. The van der Waals surface area contributed by atoms with Crippen molar-refractivity contribution in [2.75, 3.05) is 0 Å². The summed E-state index contributed by atoms with van der Waals surface area (Å²) in [5.41, 5.74) is 6.50. The Labute approximate surface area is 118 Å². The van der Waals surface area contributed by atoms with Gasteiger partial charge in [-0.05, 0) is 32.4 Å². The summed E-state index contributed by atoms with van der Waals surface area (Å²) in [6.07, 6.45) is 1.62. The van der Waals surface area contributed by atoms with E-state index in [1.165, 1.54) is 5.56 Å². The van der Waals surface area contributed by atoms with Gasteiger partial charge in [-0.2, -0.15) is 10.2 Å². The molecule has 5 nitrogen and oxygen atoms in total. The van der Waals surface area contributed by atoms with Gasteiger partial charge in [-0.25, -0.2) is 5.43 Å². The molecule has 0 aliphatic rings. The number of aromatic nitrogens is 2. The van der Waals surface area contributed by atoms with Crippen molar-refractivity contribution in [2.45, 2.75) is 27.3 Å². The predicted molar refractivity (Wildman–Crippen MR) is 78.6 cm³/mol. The Hall–Kier alpha value is -2.43. The number of hydrazone groups is 1. The molecule has 1 heterocycles. The van der Waals surface area contributed by atoms with E-state index in [1.807, 2.05) is 51.1 Å². The second-order valence-electron chi connectivity index (χ2n) is 4.79. The van der Waals surface area contributed by atoms with Crippen LogP contribution in [-0.4, -0.2) is 21.9 Å². The number of hydrogen-bond donors (Lipinski definition) is 1. The standard InChI is InChI=1S/C15H18N4O/c1-11-4-6-14(7-5-11)9-16-17-15(20)10-19-13(3)8-12(2)18-19/h4-9H,10H2,1-3H3,(H,17,20). The fourth-order valence-corrected chi connectivity index (χ4v) is 1.84. The lowest BCUT2D eigenvalue weighted by Crippen LogP contribution is -2.24.